The Kier molecular flexibility index (Phi) is 4.81. The van der Waals surface area contributed by atoms with Crippen LogP contribution in [0.3, 0.4) is 0 Å². The van der Waals surface area contributed by atoms with Gasteiger partial charge in [0.05, 0.1) is 0 Å². The highest BCUT2D eigenvalue weighted by Crippen LogP contribution is 2.23. The van der Waals surface area contributed by atoms with E-state index >= 15 is 0 Å². The van der Waals surface area contributed by atoms with E-state index in [4.69, 9.17) is 10.5 Å². The second-order valence-electron chi connectivity index (χ2n) is 5.91. The topological polar surface area (TPSA) is 55.6 Å². The van der Waals surface area contributed by atoms with Crippen LogP contribution in [0.25, 0.3) is 0 Å². The first-order chi connectivity index (χ1) is 8.71. The van der Waals surface area contributed by atoms with Gasteiger partial charge in [-0.1, -0.05) is 26.8 Å². The predicted molar refractivity (Wildman–Crippen MR) is 78.0 cm³/mol. The molecule has 106 valence electrons. The molecule has 2 N–H and O–H groups in total. The van der Waals surface area contributed by atoms with E-state index < -0.39 is 0 Å². The average Bonchev–Trinajstić information content (AvgIpc) is 2.33. The summed E-state index contributed by atoms with van der Waals surface area (Å²) >= 11 is 0. The predicted octanol–water partition coefficient (Wildman–Crippen LogP) is 2.54. The van der Waals surface area contributed by atoms with Gasteiger partial charge in [0, 0.05) is 24.8 Å². The van der Waals surface area contributed by atoms with Crippen LogP contribution in [-0.2, 0) is 4.79 Å². The molecule has 0 spiro atoms. The highest BCUT2D eigenvalue weighted by Gasteiger charge is 2.27. The molecule has 0 bridgehead atoms. The van der Waals surface area contributed by atoms with E-state index in [0.29, 0.717) is 11.4 Å². The number of anilines is 1. The van der Waals surface area contributed by atoms with Crippen LogP contribution < -0.4 is 10.5 Å². The smallest absolute Gasteiger partial charge is 0.260 e. The molecule has 1 rings (SSSR count). The molecule has 4 heteroatoms. The standard InChI is InChI=1S/C15H24N2O2/c1-11(15(2,3)4)17(5)14(18)10-19-13-8-6-7-12(16)9-13/h6-9,11H,10,16H2,1-5H3. The van der Waals surface area contributed by atoms with E-state index in [2.05, 4.69) is 20.8 Å². The van der Waals surface area contributed by atoms with Gasteiger partial charge in [-0.15, -0.1) is 0 Å². The first kappa shape index (κ1) is 15.3. The normalized spacial score (nSPS) is 12.9. The Morgan fingerprint density at radius 3 is 2.58 bits per heavy atom. The summed E-state index contributed by atoms with van der Waals surface area (Å²) in [6, 6.07) is 7.22. The lowest BCUT2D eigenvalue weighted by molar-refractivity contribution is -0.135. The summed E-state index contributed by atoms with van der Waals surface area (Å²) in [5, 5.41) is 0. The molecule has 0 saturated carbocycles. The van der Waals surface area contributed by atoms with Crippen molar-refractivity contribution in [3.8, 4) is 5.75 Å². The molecule has 0 radical (unpaired) electrons. The molecule has 1 aromatic carbocycles. The van der Waals surface area contributed by atoms with E-state index in [1.54, 1.807) is 36.2 Å². The van der Waals surface area contributed by atoms with Gasteiger partial charge in [-0.25, -0.2) is 0 Å². The van der Waals surface area contributed by atoms with Gasteiger partial charge in [0.25, 0.3) is 5.91 Å². The minimum atomic E-state index is -0.0372. The van der Waals surface area contributed by atoms with Crippen molar-refractivity contribution < 1.29 is 9.53 Å². The summed E-state index contributed by atoms with van der Waals surface area (Å²) in [4.78, 5) is 13.8. The fourth-order valence-corrected chi connectivity index (χ4v) is 1.65. The molecule has 1 unspecified atom stereocenters. The molecule has 0 heterocycles. The van der Waals surface area contributed by atoms with Crippen LogP contribution in [0.1, 0.15) is 27.7 Å². The van der Waals surface area contributed by atoms with Crippen molar-refractivity contribution in [3.63, 3.8) is 0 Å². The summed E-state index contributed by atoms with van der Waals surface area (Å²) in [7, 11) is 1.81. The Labute approximate surface area is 115 Å². The molecule has 0 aromatic heterocycles. The molecule has 0 aliphatic carbocycles. The fourth-order valence-electron chi connectivity index (χ4n) is 1.65. The minimum Gasteiger partial charge on any atom is -0.484 e. The van der Waals surface area contributed by atoms with Crippen LogP contribution in [0.2, 0.25) is 0 Å². The van der Waals surface area contributed by atoms with Crippen LogP contribution in [-0.4, -0.2) is 30.5 Å². The highest BCUT2D eigenvalue weighted by atomic mass is 16.5. The molecular weight excluding hydrogens is 240 g/mol. The van der Waals surface area contributed by atoms with E-state index in [1.807, 2.05) is 6.92 Å². The van der Waals surface area contributed by atoms with Crippen molar-refractivity contribution in [1.29, 1.82) is 0 Å². The molecular formula is C15H24N2O2. The maximum absolute atomic E-state index is 12.1. The Balaban J connectivity index is 2.56. The zero-order valence-corrected chi connectivity index (χ0v) is 12.4. The third kappa shape index (κ3) is 4.47. The molecule has 0 aliphatic heterocycles. The fraction of sp³-hybridized carbons (Fsp3) is 0.533. The number of carbonyl (C=O) groups excluding carboxylic acids is 1. The molecule has 0 saturated heterocycles. The lowest BCUT2D eigenvalue weighted by Gasteiger charge is -2.35. The highest BCUT2D eigenvalue weighted by molar-refractivity contribution is 5.77. The summed E-state index contributed by atoms with van der Waals surface area (Å²) in [6.45, 7) is 8.40. The first-order valence-corrected chi connectivity index (χ1v) is 6.46. The molecule has 0 aliphatic rings. The molecule has 0 fully saturated rings. The molecule has 1 atom stereocenters. The van der Waals surface area contributed by atoms with Crippen molar-refractivity contribution in [2.24, 2.45) is 5.41 Å². The number of benzene rings is 1. The number of amides is 1. The zero-order valence-electron chi connectivity index (χ0n) is 12.4. The molecule has 1 amide bonds. The summed E-state index contributed by atoms with van der Waals surface area (Å²) in [5.41, 5.74) is 6.32. The van der Waals surface area contributed by atoms with Gasteiger partial charge < -0.3 is 15.4 Å². The number of carbonyl (C=O) groups is 1. The zero-order chi connectivity index (χ0) is 14.6. The van der Waals surface area contributed by atoms with E-state index in [1.165, 1.54) is 0 Å². The first-order valence-electron chi connectivity index (χ1n) is 6.46. The van der Waals surface area contributed by atoms with Crippen LogP contribution >= 0.6 is 0 Å². The van der Waals surface area contributed by atoms with E-state index in [9.17, 15) is 4.79 Å². The monoisotopic (exact) mass is 264 g/mol. The Hall–Kier alpha value is -1.71. The van der Waals surface area contributed by atoms with Crippen molar-refractivity contribution in [2.45, 2.75) is 33.7 Å². The third-order valence-corrected chi connectivity index (χ3v) is 3.45. The van der Waals surface area contributed by atoms with E-state index in [0.717, 1.165) is 0 Å². The van der Waals surface area contributed by atoms with Crippen molar-refractivity contribution in [3.05, 3.63) is 24.3 Å². The average molecular weight is 264 g/mol. The number of nitrogens with zero attached hydrogens (tertiary/aromatic N) is 1. The van der Waals surface area contributed by atoms with Gasteiger partial charge in [-0.3, -0.25) is 4.79 Å². The Morgan fingerprint density at radius 2 is 2.05 bits per heavy atom. The van der Waals surface area contributed by atoms with E-state index in [-0.39, 0.29) is 24.0 Å². The number of hydrogen-bond acceptors (Lipinski definition) is 3. The quantitative estimate of drug-likeness (QED) is 0.850. The van der Waals surface area contributed by atoms with Crippen LogP contribution in [0.5, 0.6) is 5.75 Å². The van der Waals surface area contributed by atoms with Crippen molar-refractivity contribution in [2.75, 3.05) is 19.4 Å². The van der Waals surface area contributed by atoms with Gasteiger partial charge in [0.15, 0.2) is 6.61 Å². The molecule has 1 aromatic rings. The summed E-state index contributed by atoms with van der Waals surface area (Å²) in [5.74, 6) is 0.579. The third-order valence-electron chi connectivity index (χ3n) is 3.45. The SMILES string of the molecule is CC(N(C)C(=O)COc1cccc(N)c1)C(C)(C)C. The maximum Gasteiger partial charge on any atom is 0.260 e. The lowest BCUT2D eigenvalue weighted by Crippen LogP contribution is -2.44. The number of hydrogen-bond donors (Lipinski definition) is 1. The van der Waals surface area contributed by atoms with Crippen LogP contribution in [0, 0.1) is 5.41 Å². The van der Waals surface area contributed by atoms with Gasteiger partial charge in [0.1, 0.15) is 5.75 Å². The largest absolute Gasteiger partial charge is 0.484 e. The summed E-state index contributed by atoms with van der Waals surface area (Å²) < 4.78 is 5.46. The van der Waals surface area contributed by atoms with Crippen molar-refractivity contribution in [1.82, 2.24) is 4.90 Å². The minimum absolute atomic E-state index is 0.0281. The second kappa shape index (κ2) is 5.95. The van der Waals surface area contributed by atoms with Crippen LogP contribution in [0.4, 0.5) is 5.69 Å². The van der Waals surface area contributed by atoms with Gasteiger partial charge in [0.2, 0.25) is 0 Å². The van der Waals surface area contributed by atoms with Gasteiger partial charge in [-0.2, -0.15) is 0 Å². The van der Waals surface area contributed by atoms with Crippen molar-refractivity contribution >= 4 is 11.6 Å². The van der Waals surface area contributed by atoms with Gasteiger partial charge >= 0.3 is 0 Å². The molecule has 19 heavy (non-hydrogen) atoms. The van der Waals surface area contributed by atoms with Gasteiger partial charge in [-0.05, 0) is 24.5 Å². The number of nitrogens with two attached hydrogens (primary N) is 1. The number of nitrogen functional groups attached to an aromatic ring is 1. The number of ether oxygens (including phenoxy) is 1. The maximum atomic E-state index is 12.1. The number of likely N-dealkylation sites (N-methyl/N-ethyl adjacent to an activating group) is 1. The summed E-state index contributed by atoms with van der Waals surface area (Å²) in [6.07, 6.45) is 0. The van der Waals surface area contributed by atoms with Crippen LogP contribution in [0.15, 0.2) is 24.3 Å². The lowest BCUT2D eigenvalue weighted by atomic mass is 9.87. The number of rotatable bonds is 4. The second-order valence-corrected chi connectivity index (χ2v) is 5.91. The Morgan fingerprint density at radius 1 is 1.42 bits per heavy atom. The Bertz CT molecular complexity index is 438. The molecule has 4 nitrogen and oxygen atoms in total.